The molecular weight excluding hydrogens is 498 g/mol. The number of ether oxygens (including phenoxy) is 2. The predicted octanol–water partition coefficient (Wildman–Crippen LogP) is 6.71. The van der Waals surface area contributed by atoms with Crippen LogP contribution in [0, 0.1) is 57.7 Å². The molecule has 0 aromatic heterocycles. The van der Waals surface area contributed by atoms with Gasteiger partial charge in [-0.1, -0.05) is 39.8 Å². The minimum absolute atomic E-state index is 0.0480. The molecule has 1 aromatic rings. The van der Waals surface area contributed by atoms with Gasteiger partial charge in [-0.15, -0.1) is 0 Å². The quantitative estimate of drug-likeness (QED) is 0.370. The first-order valence-corrected chi connectivity index (χ1v) is 16.4. The molecule has 9 rings (SSSR count). The number of amides is 2. The topological polar surface area (TPSA) is 55.8 Å². The van der Waals surface area contributed by atoms with E-state index in [1.165, 1.54) is 38.5 Å². The van der Waals surface area contributed by atoms with Crippen LogP contribution in [0.5, 0.6) is 0 Å². The van der Waals surface area contributed by atoms with Gasteiger partial charge in [0.25, 0.3) is 11.8 Å². The minimum Gasteiger partial charge on any atom is -0.349 e. The van der Waals surface area contributed by atoms with Crippen LogP contribution in [0.3, 0.4) is 0 Å². The fourth-order valence-electron chi connectivity index (χ4n) is 13.1. The highest BCUT2D eigenvalue weighted by Gasteiger charge is 2.89. The number of benzene rings is 1. The molecule has 40 heavy (non-hydrogen) atoms. The van der Waals surface area contributed by atoms with E-state index < -0.39 is 0 Å². The Morgan fingerprint density at radius 3 is 2.33 bits per heavy atom. The lowest BCUT2D eigenvalue weighted by Crippen LogP contribution is -2.56. The summed E-state index contributed by atoms with van der Waals surface area (Å²) in [5, 5.41) is 0. The van der Waals surface area contributed by atoms with Crippen molar-refractivity contribution in [1.29, 1.82) is 0 Å². The summed E-state index contributed by atoms with van der Waals surface area (Å²) >= 11 is 0. The van der Waals surface area contributed by atoms with E-state index in [9.17, 15) is 9.59 Å². The first kappa shape index (κ1) is 24.8. The third-order valence-corrected chi connectivity index (χ3v) is 14.9. The number of carbonyl (C=O) groups is 2. The maximum absolute atomic E-state index is 13.3. The molecular formula is C35H45NO4. The van der Waals surface area contributed by atoms with Gasteiger partial charge < -0.3 is 9.47 Å². The summed E-state index contributed by atoms with van der Waals surface area (Å²) in [6.07, 6.45) is 11.1. The van der Waals surface area contributed by atoms with Crippen molar-refractivity contribution >= 4 is 11.8 Å². The van der Waals surface area contributed by atoms with Gasteiger partial charge in [-0.3, -0.25) is 14.5 Å². The van der Waals surface area contributed by atoms with Crippen molar-refractivity contribution in [3.05, 3.63) is 35.4 Å². The maximum Gasteiger partial charge on any atom is 0.261 e. The van der Waals surface area contributed by atoms with Crippen LogP contribution in [0.15, 0.2) is 24.3 Å². The Labute approximate surface area is 238 Å². The molecule has 8 aliphatic rings. The molecule has 13 atom stereocenters. The summed E-state index contributed by atoms with van der Waals surface area (Å²) < 4.78 is 13.5. The first-order valence-electron chi connectivity index (χ1n) is 16.4. The van der Waals surface area contributed by atoms with Crippen molar-refractivity contribution in [3.8, 4) is 0 Å². The first-order chi connectivity index (χ1) is 19.1. The molecule has 3 aliphatic heterocycles. The van der Waals surface area contributed by atoms with Crippen LogP contribution in [0.1, 0.15) is 106 Å². The molecule has 1 unspecified atom stereocenters. The van der Waals surface area contributed by atoms with Gasteiger partial charge in [0.2, 0.25) is 0 Å². The van der Waals surface area contributed by atoms with Gasteiger partial charge in [0.05, 0.1) is 23.8 Å². The van der Waals surface area contributed by atoms with Gasteiger partial charge in [0.15, 0.2) is 5.79 Å². The number of carbonyl (C=O) groups excluding carboxylic acids is 2. The summed E-state index contributed by atoms with van der Waals surface area (Å²) in [5.41, 5.74) is 2.06. The van der Waals surface area contributed by atoms with E-state index in [0.29, 0.717) is 51.7 Å². The van der Waals surface area contributed by atoms with Crippen molar-refractivity contribution in [1.82, 2.24) is 4.90 Å². The fourth-order valence-corrected chi connectivity index (χ4v) is 13.1. The lowest BCUT2D eigenvalue weighted by atomic mass is 9.44. The van der Waals surface area contributed by atoms with Crippen LogP contribution >= 0.6 is 0 Å². The van der Waals surface area contributed by atoms with Gasteiger partial charge in [0.1, 0.15) is 0 Å². The molecule has 1 aromatic carbocycles. The maximum atomic E-state index is 13.3. The Bertz CT molecular complexity index is 1290. The Morgan fingerprint density at radius 1 is 0.850 bits per heavy atom. The molecule has 5 nitrogen and oxygen atoms in total. The monoisotopic (exact) mass is 543 g/mol. The average molecular weight is 544 g/mol. The number of hydrogen-bond acceptors (Lipinski definition) is 4. The number of nitrogens with zero attached hydrogens (tertiary/aromatic N) is 1. The fraction of sp³-hybridized carbons (Fsp3) is 0.771. The molecule has 3 heterocycles. The predicted molar refractivity (Wildman–Crippen MR) is 150 cm³/mol. The molecule has 1 spiro atoms. The minimum atomic E-state index is -0.272. The number of imide groups is 1. The molecule has 0 radical (unpaired) electrons. The lowest BCUT2D eigenvalue weighted by molar-refractivity contribution is -0.212. The second-order valence-corrected chi connectivity index (χ2v) is 16.2. The zero-order chi connectivity index (χ0) is 27.4. The Balaban J connectivity index is 0.959. The second-order valence-electron chi connectivity index (χ2n) is 16.2. The zero-order valence-electron chi connectivity index (χ0n) is 24.7. The standard InChI is InChI=1S/C35H45NO4/c1-19-15-28-34(4)29-27(40-35(28,34)39-18-19)17-26-24-10-9-20-16-21(11-13-32(20,2)25(24)12-14-33(26,29)3)36-30(37)22-7-5-6-8-23(22)31(36)38/h5-8,19-21,24-29H,9-18H2,1-4H3/t19-,20+,21-,24+,25-,26-,27-,28?,29-,32-,33-,34-,35+/m0/s1. The molecule has 5 heteroatoms. The number of rotatable bonds is 1. The lowest BCUT2D eigenvalue weighted by Gasteiger charge is -2.61. The average Bonchev–Trinajstić information content (AvgIpc) is 3.16. The van der Waals surface area contributed by atoms with Crippen molar-refractivity contribution in [2.24, 2.45) is 57.7 Å². The summed E-state index contributed by atoms with van der Waals surface area (Å²) in [7, 11) is 0. The van der Waals surface area contributed by atoms with E-state index in [-0.39, 0.29) is 29.1 Å². The Hall–Kier alpha value is -1.72. The van der Waals surface area contributed by atoms with E-state index in [0.717, 1.165) is 43.6 Å². The SMILES string of the molecule is C[C@@H]1CO[C@]23O[C@H]4C[C@H]5[C@@H]6CC[C@@H]7C[C@@H](N8C(=O)c9ccccc9C8=O)CC[C@]7(C)[C@H]6CC[C@]5(C)[C@H]4[C@]2(C)C3C1. The zero-order valence-corrected chi connectivity index (χ0v) is 24.7. The number of fused-ring (bicyclic) bond motifs is 10. The molecule has 5 saturated carbocycles. The molecule has 2 saturated heterocycles. The van der Waals surface area contributed by atoms with Gasteiger partial charge in [-0.05, 0) is 110 Å². The highest BCUT2D eigenvalue weighted by atomic mass is 16.7. The van der Waals surface area contributed by atoms with Gasteiger partial charge in [0, 0.05) is 23.3 Å². The van der Waals surface area contributed by atoms with E-state index in [1.807, 2.05) is 24.3 Å². The Kier molecular flexibility index (Phi) is 4.73. The summed E-state index contributed by atoms with van der Waals surface area (Å²) in [4.78, 5) is 28.2. The van der Waals surface area contributed by atoms with Gasteiger partial charge in [-0.2, -0.15) is 0 Å². The van der Waals surface area contributed by atoms with Crippen LogP contribution in [-0.2, 0) is 9.47 Å². The normalized spacial score (nSPS) is 55.5. The third kappa shape index (κ3) is 2.66. The van der Waals surface area contributed by atoms with Crippen molar-refractivity contribution < 1.29 is 19.1 Å². The molecule has 0 N–H and O–H groups in total. The molecule has 0 bridgehead atoms. The van der Waals surface area contributed by atoms with E-state index in [1.54, 1.807) is 4.90 Å². The third-order valence-electron chi connectivity index (χ3n) is 14.9. The van der Waals surface area contributed by atoms with Crippen molar-refractivity contribution in [3.63, 3.8) is 0 Å². The highest BCUT2D eigenvalue weighted by molar-refractivity contribution is 6.21. The molecule has 2 amide bonds. The van der Waals surface area contributed by atoms with Crippen LogP contribution in [0.25, 0.3) is 0 Å². The van der Waals surface area contributed by atoms with E-state index in [2.05, 4.69) is 27.7 Å². The van der Waals surface area contributed by atoms with Crippen molar-refractivity contribution in [2.75, 3.05) is 6.61 Å². The summed E-state index contributed by atoms with van der Waals surface area (Å²) in [5.74, 6) is 4.34. The molecule has 5 aliphatic carbocycles. The summed E-state index contributed by atoms with van der Waals surface area (Å²) in [6.45, 7) is 11.0. The highest BCUT2D eigenvalue weighted by Crippen LogP contribution is 2.84. The van der Waals surface area contributed by atoms with E-state index >= 15 is 0 Å². The largest absolute Gasteiger partial charge is 0.349 e. The van der Waals surface area contributed by atoms with Crippen LogP contribution in [0.4, 0.5) is 0 Å². The summed E-state index contributed by atoms with van der Waals surface area (Å²) in [6, 6.07) is 7.43. The number of hydrogen-bond donors (Lipinski definition) is 0. The smallest absolute Gasteiger partial charge is 0.261 e. The van der Waals surface area contributed by atoms with Gasteiger partial charge in [-0.25, -0.2) is 0 Å². The second kappa shape index (κ2) is 7.61. The van der Waals surface area contributed by atoms with Crippen LogP contribution < -0.4 is 0 Å². The molecule has 214 valence electrons. The van der Waals surface area contributed by atoms with Crippen LogP contribution in [-0.4, -0.2) is 41.3 Å². The van der Waals surface area contributed by atoms with Crippen molar-refractivity contribution in [2.45, 2.75) is 103 Å². The van der Waals surface area contributed by atoms with Crippen LogP contribution in [0.2, 0.25) is 0 Å². The van der Waals surface area contributed by atoms with Gasteiger partial charge >= 0.3 is 0 Å². The Morgan fingerprint density at radius 2 is 1.57 bits per heavy atom. The molecule has 7 fully saturated rings. The van der Waals surface area contributed by atoms with E-state index in [4.69, 9.17) is 9.47 Å².